The van der Waals surface area contributed by atoms with E-state index in [9.17, 15) is 0 Å². The summed E-state index contributed by atoms with van der Waals surface area (Å²) >= 11 is 5.27. The van der Waals surface area contributed by atoms with Gasteiger partial charge in [0.15, 0.2) is 5.11 Å². The Bertz CT molecular complexity index is 657. The second-order valence-electron chi connectivity index (χ2n) is 4.88. The van der Waals surface area contributed by atoms with Crippen LogP contribution in [0.5, 0.6) is 0 Å². The Hall–Kier alpha value is -2.21. The number of rotatable bonds is 5. The molecule has 0 fully saturated rings. The minimum atomic E-state index is 0.632. The number of aryl methyl sites for hydroxylation is 2. The summed E-state index contributed by atoms with van der Waals surface area (Å²) in [5.74, 6) is 0.775. The first-order valence-electron chi connectivity index (χ1n) is 7.35. The van der Waals surface area contributed by atoms with Crippen LogP contribution in [0.4, 0.5) is 17.2 Å². The highest BCUT2D eigenvalue weighted by atomic mass is 32.1. The summed E-state index contributed by atoms with van der Waals surface area (Å²) in [6.07, 6.45) is 2.49. The smallest absolute Gasteiger partial charge is 0.170 e. The van der Waals surface area contributed by atoms with E-state index >= 15 is 0 Å². The van der Waals surface area contributed by atoms with Gasteiger partial charge in [-0.15, -0.1) is 0 Å². The van der Waals surface area contributed by atoms with Crippen molar-refractivity contribution in [2.24, 2.45) is 0 Å². The monoisotopic (exact) mass is 315 g/mol. The largest absolute Gasteiger partial charge is 0.363 e. The average molecular weight is 315 g/mol. The Balaban J connectivity index is 2.20. The van der Waals surface area contributed by atoms with E-state index in [4.69, 9.17) is 12.2 Å². The van der Waals surface area contributed by atoms with E-state index < -0.39 is 0 Å². The molecule has 0 saturated heterocycles. The summed E-state index contributed by atoms with van der Waals surface area (Å²) in [6.45, 7) is 6.88. The summed E-state index contributed by atoms with van der Waals surface area (Å²) < 4.78 is 0. The van der Waals surface area contributed by atoms with Gasteiger partial charge in [-0.25, -0.2) is 9.97 Å². The maximum atomic E-state index is 5.27. The van der Waals surface area contributed by atoms with Gasteiger partial charge >= 0.3 is 0 Å². The van der Waals surface area contributed by atoms with Crippen LogP contribution in [0.3, 0.4) is 0 Å². The molecule has 1 heterocycles. The lowest BCUT2D eigenvalue weighted by Gasteiger charge is -2.15. The second kappa shape index (κ2) is 7.70. The first-order valence-corrected chi connectivity index (χ1v) is 7.76. The Labute approximate surface area is 136 Å². The first kappa shape index (κ1) is 16.2. The summed E-state index contributed by atoms with van der Waals surface area (Å²) in [7, 11) is 0. The zero-order chi connectivity index (χ0) is 15.9. The van der Waals surface area contributed by atoms with Crippen LogP contribution in [0.25, 0.3) is 0 Å². The van der Waals surface area contributed by atoms with E-state index in [1.54, 1.807) is 6.33 Å². The van der Waals surface area contributed by atoms with Crippen molar-refractivity contribution >= 4 is 34.5 Å². The van der Waals surface area contributed by atoms with Gasteiger partial charge in [0.2, 0.25) is 0 Å². The van der Waals surface area contributed by atoms with Gasteiger partial charge in [-0.05, 0) is 50.2 Å². The minimum Gasteiger partial charge on any atom is -0.363 e. The lowest BCUT2D eigenvalue weighted by Crippen LogP contribution is -2.28. The van der Waals surface area contributed by atoms with Crippen molar-refractivity contribution in [1.29, 1.82) is 0 Å². The zero-order valence-electron chi connectivity index (χ0n) is 13.1. The van der Waals surface area contributed by atoms with Crippen molar-refractivity contribution in [2.45, 2.75) is 27.2 Å². The third-order valence-electron chi connectivity index (χ3n) is 3.15. The Kier molecular flexibility index (Phi) is 5.66. The van der Waals surface area contributed by atoms with Crippen LogP contribution in [0.2, 0.25) is 0 Å². The lowest BCUT2D eigenvalue weighted by atomic mass is 10.1. The molecule has 22 heavy (non-hydrogen) atoms. The van der Waals surface area contributed by atoms with E-state index in [0.717, 1.165) is 35.9 Å². The molecule has 0 unspecified atom stereocenters. The molecule has 0 atom stereocenters. The highest BCUT2D eigenvalue weighted by Crippen LogP contribution is 2.23. The molecule has 1 aromatic carbocycles. The zero-order valence-corrected chi connectivity index (χ0v) is 13.9. The predicted molar refractivity (Wildman–Crippen MR) is 95.8 cm³/mol. The van der Waals surface area contributed by atoms with E-state index in [0.29, 0.717) is 5.11 Å². The van der Waals surface area contributed by atoms with Crippen LogP contribution in [0.1, 0.15) is 25.1 Å². The normalized spacial score (nSPS) is 10.1. The fourth-order valence-electron chi connectivity index (χ4n) is 2.08. The third kappa shape index (κ3) is 4.39. The van der Waals surface area contributed by atoms with Gasteiger partial charge < -0.3 is 16.0 Å². The molecular weight excluding hydrogens is 294 g/mol. The molecule has 0 saturated carbocycles. The Morgan fingerprint density at radius 1 is 1.18 bits per heavy atom. The summed E-state index contributed by atoms with van der Waals surface area (Å²) in [6, 6.07) is 8.08. The SMILES string of the molecule is CCNC(=S)Nc1cc(Nc2cc(C)ncn2)ccc1CC. The molecule has 0 spiro atoms. The van der Waals surface area contributed by atoms with Gasteiger partial charge in [0, 0.05) is 29.7 Å². The second-order valence-corrected chi connectivity index (χ2v) is 5.29. The molecule has 2 rings (SSSR count). The molecule has 6 heteroatoms. The number of hydrogen-bond acceptors (Lipinski definition) is 4. The standard InChI is InChI=1S/C16H21N5S/c1-4-12-6-7-13(9-14(12)21-16(22)17-5-2)20-15-8-11(3)18-10-19-15/h6-10H,4-5H2,1-3H3,(H2,17,21,22)(H,18,19,20). The molecule has 0 bridgehead atoms. The van der Waals surface area contributed by atoms with Crippen LogP contribution in [0, 0.1) is 6.92 Å². The van der Waals surface area contributed by atoms with Gasteiger partial charge in [0.1, 0.15) is 12.1 Å². The van der Waals surface area contributed by atoms with Crippen molar-refractivity contribution in [3.8, 4) is 0 Å². The van der Waals surface area contributed by atoms with Gasteiger partial charge in [-0.3, -0.25) is 0 Å². The van der Waals surface area contributed by atoms with Crippen LogP contribution in [-0.2, 0) is 6.42 Å². The first-order chi connectivity index (χ1) is 10.6. The fraction of sp³-hybridized carbons (Fsp3) is 0.312. The van der Waals surface area contributed by atoms with E-state index in [1.807, 2.05) is 32.0 Å². The summed E-state index contributed by atoms with van der Waals surface area (Å²) in [4.78, 5) is 8.31. The summed E-state index contributed by atoms with van der Waals surface area (Å²) in [5, 5.41) is 10.3. The number of nitrogens with one attached hydrogen (secondary N) is 3. The molecular formula is C16H21N5S. The van der Waals surface area contributed by atoms with E-state index in [2.05, 4.69) is 38.9 Å². The predicted octanol–water partition coefficient (Wildman–Crippen LogP) is 3.40. The topological polar surface area (TPSA) is 61.9 Å². The van der Waals surface area contributed by atoms with Crippen molar-refractivity contribution in [3.05, 3.63) is 41.9 Å². The average Bonchev–Trinajstić information content (AvgIpc) is 2.48. The maximum Gasteiger partial charge on any atom is 0.170 e. The fourth-order valence-corrected chi connectivity index (χ4v) is 2.33. The summed E-state index contributed by atoms with van der Waals surface area (Å²) in [5.41, 5.74) is 4.10. The van der Waals surface area contributed by atoms with Crippen molar-refractivity contribution in [2.75, 3.05) is 17.2 Å². The molecule has 2 aromatic rings. The maximum absolute atomic E-state index is 5.27. The number of benzene rings is 1. The van der Waals surface area contributed by atoms with E-state index in [1.165, 1.54) is 5.56 Å². The molecule has 116 valence electrons. The van der Waals surface area contributed by atoms with Crippen LogP contribution >= 0.6 is 12.2 Å². The molecule has 0 aliphatic heterocycles. The van der Waals surface area contributed by atoms with Gasteiger partial charge in [-0.2, -0.15) is 0 Å². The number of thiocarbonyl (C=S) groups is 1. The number of anilines is 3. The lowest BCUT2D eigenvalue weighted by molar-refractivity contribution is 0.978. The minimum absolute atomic E-state index is 0.632. The Morgan fingerprint density at radius 3 is 2.68 bits per heavy atom. The molecule has 5 nitrogen and oxygen atoms in total. The van der Waals surface area contributed by atoms with Crippen LogP contribution in [0.15, 0.2) is 30.6 Å². The van der Waals surface area contributed by atoms with E-state index in [-0.39, 0.29) is 0 Å². The van der Waals surface area contributed by atoms with Crippen LogP contribution < -0.4 is 16.0 Å². The van der Waals surface area contributed by atoms with Gasteiger partial charge in [0.05, 0.1) is 0 Å². The molecule has 0 aliphatic carbocycles. The Morgan fingerprint density at radius 2 is 2.00 bits per heavy atom. The van der Waals surface area contributed by atoms with Crippen LogP contribution in [-0.4, -0.2) is 21.6 Å². The molecule has 0 amide bonds. The van der Waals surface area contributed by atoms with Crippen molar-refractivity contribution in [3.63, 3.8) is 0 Å². The highest BCUT2D eigenvalue weighted by molar-refractivity contribution is 7.80. The van der Waals surface area contributed by atoms with Gasteiger partial charge in [-0.1, -0.05) is 13.0 Å². The molecule has 1 aromatic heterocycles. The highest BCUT2D eigenvalue weighted by Gasteiger charge is 2.05. The molecule has 0 aliphatic rings. The van der Waals surface area contributed by atoms with Gasteiger partial charge in [0.25, 0.3) is 0 Å². The quantitative estimate of drug-likeness (QED) is 0.735. The van der Waals surface area contributed by atoms with Crippen molar-refractivity contribution in [1.82, 2.24) is 15.3 Å². The number of aromatic nitrogens is 2. The third-order valence-corrected chi connectivity index (χ3v) is 3.40. The number of hydrogen-bond donors (Lipinski definition) is 3. The molecule has 0 radical (unpaired) electrons. The number of nitrogens with zero attached hydrogens (tertiary/aromatic N) is 2. The van der Waals surface area contributed by atoms with Crippen molar-refractivity contribution < 1.29 is 0 Å². The molecule has 3 N–H and O–H groups in total.